The highest BCUT2D eigenvalue weighted by Gasteiger charge is 2.27. The molecule has 39 heavy (non-hydrogen) atoms. The summed E-state index contributed by atoms with van der Waals surface area (Å²) in [5.41, 5.74) is 1.71. The number of fused-ring (bicyclic) bond motifs is 1. The number of nitrogens with one attached hydrogen (secondary N) is 1. The van der Waals surface area contributed by atoms with Crippen molar-refractivity contribution in [1.82, 2.24) is 4.72 Å². The van der Waals surface area contributed by atoms with Crippen molar-refractivity contribution >= 4 is 38.6 Å². The van der Waals surface area contributed by atoms with Crippen LogP contribution in [0.4, 0.5) is 10.5 Å². The molecular formula is C29H28N2O7S. The predicted octanol–water partition coefficient (Wildman–Crippen LogP) is 4.60. The minimum absolute atomic E-state index is 0.0635. The standard InChI is InChI=1S/C29H28N2O7S/c1-31(2)26-12-6-11-24-23(26)10-7-13-27(24)39(35,36)30-25(28(32)33)18-20-14-16-22(17-15-20)38-29(34)37-19-21-8-4-3-5-9-21/h3-17,25,30H,18-19H2,1-2H3,(H,32,33)/t25-/m0/s1/i16T,17T. The lowest BCUT2D eigenvalue weighted by molar-refractivity contribution is -0.138. The second-order valence-electron chi connectivity index (χ2n) is 8.85. The van der Waals surface area contributed by atoms with Gasteiger partial charge in [-0.15, -0.1) is 0 Å². The molecule has 0 aliphatic rings. The molecule has 0 heterocycles. The molecule has 2 N–H and O–H groups in total. The van der Waals surface area contributed by atoms with Gasteiger partial charge in [-0.05, 0) is 41.8 Å². The summed E-state index contributed by atoms with van der Waals surface area (Å²) in [6.07, 6.45) is -1.47. The molecule has 202 valence electrons. The third-order valence-corrected chi connectivity index (χ3v) is 7.36. The van der Waals surface area contributed by atoms with Crippen LogP contribution >= 0.6 is 0 Å². The van der Waals surface area contributed by atoms with Crippen LogP contribution in [0.5, 0.6) is 5.75 Å². The van der Waals surface area contributed by atoms with Gasteiger partial charge in [0, 0.05) is 30.6 Å². The highest BCUT2D eigenvalue weighted by Crippen LogP contribution is 2.30. The third kappa shape index (κ3) is 6.92. The number of carboxylic acid groups (broad SMARTS) is 1. The maximum Gasteiger partial charge on any atom is 0.514 e. The lowest BCUT2D eigenvalue weighted by Crippen LogP contribution is -2.42. The van der Waals surface area contributed by atoms with Gasteiger partial charge in [-0.25, -0.2) is 13.2 Å². The number of sulfonamides is 1. The number of hydrogen-bond acceptors (Lipinski definition) is 7. The summed E-state index contributed by atoms with van der Waals surface area (Å²) in [6, 6.07) is 19.0. The highest BCUT2D eigenvalue weighted by molar-refractivity contribution is 7.89. The molecule has 10 heteroatoms. The Morgan fingerprint density at radius 3 is 2.26 bits per heavy atom. The van der Waals surface area contributed by atoms with Gasteiger partial charge in [0.05, 0.1) is 7.64 Å². The van der Waals surface area contributed by atoms with E-state index in [-0.39, 0.29) is 41.3 Å². The molecule has 4 aromatic carbocycles. The van der Waals surface area contributed by atoms with Gasteiger partial charge in [-0.2, -0.15) is 4.72 Å². The summed E-state index contributed by atoms with van der Waals surface area (Å²) < 4.78 is 55.5. The van der Waals surface area contributed by atoms with E-state index in [1.54, 1.807) is 48.5 Å². The van der Waals surface area contributed by atoms with Crippen LogP contribution in [0.15, 0.2) is 95.8 Å². The SMILES string of the molecule is [3H]c1cc(C[C@H](NS(=O)(=O)c2cccc3c(N(C)C)cccc23)C(=O)O)cc([3H])c1OC(=O)OCc1ccccc1. The number of hydrogen-bond donors (Lipinski definition) is 2. The van der Waals surface area contributed by atoms with Crippen LogP contribution < -0.4 is 14.4 Å². The third-order valence-electron chi connectivity index (χ3n) is 5.83. The molecule has 0 saturated heterocycles. The summed E-state index contributed by atoms with van der Waals surface area (Å²) in [5.74, 6) is -1.81. The fourth-order valence-electron chi connectivity index (χ4n) is 3.96. The van der Waals surface area contributed by atoms with Crippen LogP contribution in [0.1, 0.15) is 13.9 Å². The van der Waals surface area contributed by atoms with Crippen molar-refractivity contribution in [3.8, 4) is 5.75 Å². The number of anilines is 1. The molecule has 4 rings (SSSR count). The van der Waals surface area contributed by atoms with Crippen LogP contribution in [-0.4, -0.2) is 45.8 Å². The zero-order valence-electron chi connectivity index (χ0n) is 23.2. The lowest BCUT2D eigenvalue weighted by Gasteiger charge is -2.19. The molecule has 0 spiro atoms. The molecule has 4 aromatic rings. The number of carbonyl (C=O) groups excluding carboxylic acids is 1. The van der Waals surface area contributed by atoms with Gasteiger partial charge >= 0.3 is 12.1 Å². The van der Waals surface area contributed by atoms with Crippen LogP contribution in [0.2, 0.25) is 0 Å². The Labute approximate surface area is 229 Å². The quantitative estimate of drug-likeness (QED) is 0.216. The van der Waals surface area contributed by atoms with Crippen molar-refractivity contribution in [3.63, 3.8) is 0 Å². The van der Waals surface area contributed by atoms with Crippen molar-refractivity contribution in [2.24, 2.45) is 0 Å². The minimum atomic E-state index is -4.30. The van der Waals surface area contributed by atoms with E-state index >= 15 is 0 Å². The number of carboxylic acids is 1. The van der Waals surface area contributed by atoms with Crippen molar-refractivity contribution in [3.05, 3.63) is 102 Å². The van der Waals surface area contributed by atoms with Gasteiger partial charge in [0.2, 0.25) is 10.0 Å². The van der Waals surface area contributed by atoms with E-state index in [2.05, 4.69) is 4.72 Å². The highest BCUT2D eigenvalue weighted by atomic mass is 32.2. The van der Waals surface area contributed by atoms with Crippen molar-refractivity contribution in [1.29, 1.82) is 0 Å². The summed E-state index contributed by atoms with van der Waals surface area (Å²) in [6.45, 7) is -0.0635. The van der Waals surface area contributed by atoms with Crippen molar-refractivity contribution < 1.29 is 35.3 Å². The molecule has 0 aliphatic carbocycles. The number of ether oxygens (including phenoxy) is 2. The molecule has 0 amide bonds. The van der Waals surface area contributed by atoms with Gasteiger partial charge in [-0.1, -0.05) is 66.7 Å². The first-order valence-corrected chi connectivity index (χ1v) is 13.4. The van der Waals surface area contributed by atoms with Crippen LogP contribution in [0.25, 0.3) is 10.8 Å². The first-order valence-electron chi connectivity index (χ1n) is 12.9. The van der Waals surface area contributed by atoms with Crippen LogP contribution in [0.3, 0.4) is 0 Å². The number of nitrogens with zero attached hydrogens (tertiary/aromatic N) is 1. The molecule has 0 aliphatic heterocycles. The summed E-state index contributed by atoms with van der Waals surface area (Å²) in [5, 5.41) is 10.9. The van der Waals surface area contributed by atoms with Crippen LogP contribution in [-0.2, 0) is 32.6 Å². The fourth-order valence-corrected chi connectivity index (χ4v) is 5.37. The molecule has 0 bridgehead atoms. The lowest BCUT2D eigenvalue weighted by atomic mass is 10.1. The molecule has 0 fully saturated rings. The molecule has 0 saturated carbocycles. The van der Waals surface area contributed by atoms with E-state index in [1.807, 2.05) is 31.1 Å². The second kappa shape index (κ2) is 12.0. The average molecular weight is 553 g/mol. The topological polar surface area (TPSA) is 122 Å². The molecule has 0 aromatic heterocycles. The maximum absolute atomic E-state index is 13.4. The minimum Gasteiger partial charge on any atom is -0.480 e. The van der Waals surface area contributed by atoms with E-state index in [4.69, 9.17) is 12.2 Å². The van der Waals surface area contributed by atoms with E-state index in [9.17, 15) is 23.1 Å². The van der Waals surface area contributed by atoms with Gasteiger partial charge < -0.3 is 19.5 Å². The Bertz CT molecular complexity index is 1670. The second-order valence-corrected chi connectivity index (χ2v) is 10.5. The molecule has 1 atom stereocenters. The van der Waals surface area contributed by atoms with Crippen molar-refractivity contribution in [2.75, 3.05) is 19.0 Å². The Hall–Kier alpha value is -4.41. The number of carbonyl (C=O) groups is 2. The van der Waals surface area contributed by atoms with Gasteiger partial charge in [0.25, 0.3) is 0 Å². The zero-order valence-corrected chi connectivity index (χ0v) is 22.1. The van der Waals surface area contributed by atoms with E-state index < -0.39 is 28.2 Å². The first kappa shape index (κ1) is 24.9. The molecule has 0 unspecified atom stereocenters. The van der Waals surface area contributed by atoms with E-state index in [1.165, 1.54) is 18.2 Å². The average Bonchev–Trinajstić information content (AvgIpc) is 2.93. The Morgan fingerprint density at radius 1 is 0.923 bits per heavy atom. The summed E-state index contributed by atoms with van der Waals surface area (Å²) in [7, 11) is -0.630. The summed E-state index contributed by atoms with van der Waals surface area (Å²) in [4.78, 5) is 26.0. The number of aliphatic carboxylic acids is 1. The van der Waals surface area contributed by atoms with E-state index in [0.717, 1.165) is 11.3 Å². The van der Waals surface area contributed by atoms with Gasteiger partial charge in [0.1, 0.15) is 18.4 Å². The zero-order chi connectivity index (χ0) is 29.7. The van der Waals surface area contributed by atoms with Gasteiger partial charge in [0.15, 0.2) is 0 Å². The number of rotatable bonds is 10. The van der Waals surface area contributed by atoms with E-state index in [0.29, 0.717) is 10.8 Å². The first-order chi connectivity index (χ1) is 19.5. The maximum atomic E-state index is 13.4. The van der Waals surface area contributed by atoms with Gasteiger partial charge in [-0.3, -0.25) is 4.79 Å². The normalized spacial score (nSPS) is 12.8. The Kier molecular flexibility index (Phi) is 7.64. The fraction of sp³-hybridized carbons (Fsp3) is 0.172. The molecule has 0 radical (unpaired) electrons. The largest absolute Gasteiger partial charge is 0.514 e. The Morgan fingerprint density at radius 2 is 1.59 bits per heavy atom. The summed E-state index contributed by atoms with van der Waals surface area (Å²) >= 11 is 0. The Balaban J connectivity index is 1.52. The smallest absolute Gasteiger partial charge is 0.480 e. The van der Waals surface area contributed by atoms with Crippen molar-refractivity contribution in [2.45, 2.75) is 24.0 Å². The number of benzene rings is 4. The predicted molar refractivity (Wildman–Crippen MR) is 147 cm³/mol. The van der Waals surface area contributed by atoms with Crippen LogP contribution in [0, 0.1) is 0 Å². The monoisotopic (exact) mass is 552 g/mol. The molecular weight excluding hydrogens is 520 g/mol. The molecule has 9 nitrogen and oxygen atoms in total.